The van der Waals surface area contributed by atoms with Crippen LogP contribution in [-0.2, 0) is 6.42 Å². The van der Waals surface area contributed by atoms with Crippen molar-refractivity contribution in [3.8, 4) is 10.6 Å². The third-order valence-electron chi connectivity index (χ3n) is 6.54. The van der Waals surface area contributed by atoms with Crippen LogP contribution in [0.5, 0.6) is 0 Å². The first kappa shape index (κ1) is 23.1. The van der Waals surface area contributed by atoms with Gasteiger partial charge in [0.1, 0.15) is 5.01 Å². The van der Waals surface area contributed by atoms with E-state index in [4.69, 9.17) is 9.98 Å². The Morgan fingerprint density at radius 2 is 1.43 bits per heavy atom. The lowest BCUT2D eigenvalue weighted by Crippen LogP contribution is -1.96. The summed E-state index contributed by atoms with van der Waals surface area (Å²) < 4.78 is 1.22. The molecule has 0 N–H and O–H groups in total. The Balaban J connectivity index is 1.41. The standard InChI is InChI=1S/C34H26N2S/c1-24(35-31(27-13-7-3-8-14-27)21-17-25-11-5-2-6-12-25)29-19-18-26-20-22-32-33(30(26)23-29)37-34(36-32)28-15-9-4-10-16-28/h2-16,18-23H,17H2,1H3/b31-21-,35-24?. The molecule has 0 bridgehead atoms. The molecule has 0 aliphatic rings. The molecular weight excluding hydrogens is 468 g/mol. The third-order valence-corrected chi connectivity index (χ3v) is 7.70. The monoisotopic (exact) mass is 494 g/mol. The van der Waals surface area contributed by atoms with Crippen molar-refractivity contribution in [3.63, 3.8) is 0 Å². The SMILES string of the molecule is CC(=N/C(=C\Cc1ccccc1)c1ccccc1)c1ccc2ccc3nc(-c4ccccc4)sc3c2c1. The summed E-state index contributed by atoms with van der Waals surface area (Å²) in [5.41, 5.74) is 7.69. The Bertz CT molecular complexity index is 1730. The molecule has 1 heterocycles. The normalized spacial score (nSPS) is 12.4. The van der Waals surface area contributed by atoms with Gasteiger partial charge in [0.05, 0.1) is 15.9 Å². The van der Waals surface area contributed by atoms with Crippen molar-refractivity contribution >= 4 is 43.7 Å². The maximum atomic E-state index is 5.14. The summed E-state index contributed by atoms with van der Waals surface area (Å²) in [6, 6.07) is 42.3. The van der Waals surface area contributed by atoms with E-state index in [0.29, 0.717) is 0 Å². The second-order valence-electron chi connectivity index (χ2n) is 9.08. The number of allylic oxidation sites excluding steroid dienone is 1. The van der Waals surface area contributed by atoms with Crippen molar-refractivity contribution in [1.82, 2.24) is 4.98 Å². The quantitative estimate of drug-likeness (QED) is 0.212. The Morgan fingerprint density at radius 1 is 0.757 bits per heavy atom. The molecule has 6 rings (SSSR count). The third kappa shape index (κ3) is 5.00. The maximum Gasteiger partial charge on any atom is 0.124 e. The average molecular weight is 495 g/mol. The molecule has 178 valence electrons. The number of fused-ring (bicyclic) bond motifs is 3. The largest absolute Gasteiger partial charge is 0.253 e. The summed E-state index contributed by atoms with van der Waals surface area (Å²) in [5.74, 6) is 0. The zero-order valence-corrected chi connectivity index (χ0v) is 21.5. The van der Waals surface area contributed by atoms with E-state index in [1.807, 2.05) is 12.1 Å². The van der Waals surface area contributed by atoms with Crippen LogP contribution in [0.15, 0.2) is 132 Å². The number of aliphatic imine (C=N–C) groups is 1. The molecule has 0 saturated heterocycles. The predicted molar refractivity (Wildman–Crippen MR) is 159 cm³/mol. The summed E-state index contributed by atoms with van der Waals surface area (Å²) in [5, 5.41) is 3.49. The molecule has 37 heavy (non-hydrogen) atoms. The molecule has 2 nitrogen and oxygen atoms in total. The van der Waals surface area contributed by atoms with Crippen molar-refractivity contribution in [2.75, 3.05) is 0 Å². The fraction of sp³-hybridized carbons (Fsp3) is 0.0588. The topological polar surface area (TPSA) is 25.2 Å². The highest BCUT2D eigenvalue weighted by Crippen LogP contribution is 2.35. The number of hydrogen-bond acceptors (Lipinski definition) is 3. The van der Waals surface area contributed by atoms with Crippen LogP contribution in [-0.4, -0.2) is 10.7 Å². The summed E-state index contributed by atoms with van der Waals surface area (Å²) in [7, 11) is 0. The first-order valence-corrected chi connectivity index (χ1v) is 13.3. The molecule has 0 aliphatic carbocycles. The lowest BCUT2D eigenvalue weighted by atomic mass is 10.0. The van der Waals surface area contributed by atoms with Crippen LogP contribution in [0.25, 0.3) is 37.3 Å². The van der Waals surface area contributed by atoms with Crippen molar-refractivity contribution < 1.29 is 0 Å². The predicted octanol–water partition coefficient (Wildman–Crippen LogP) is 9.21. The summed E-state index contributed by atoms with van der Waals surface area (Å²) >= 11 is 1.75. The fourth-order valence-electron chi connectivity index (χ4n) is 4.54. The number of nitrogens with zero attached hydrogens (tertiary/aromatic N) is 2. The molecule has 0 radical (unpaired) electrons. The number of aromatic nitrogens is 1. The molecule has 0 saturated carbocycles. The van der Waals surface area contributed by atoms with Crippen molar-refractivity contribution in [2.45, 2.75) is 13.3 Å². The lowest BCUT2D eigenvalue weighted by molar-refractivity contribution is 1.26. The van der Waals surface area contributed by atoms with Crippen LogP contribution in [0.1, 0.15) is 23.6 Å². The number of thiazole rings is 1. The first-order valence-electron chi connectivity index (χ1n) is 12.5. The minimum absolute atomic E-state index is 0.837. The molecule has 6 aromatic rings. The van der Waals surface area contributed by atoms with Crippen LogP contribution in [0, 0.1) is 0 Å². The minimum atomic E-state index is 0.837. The first-order chi connectivity index (χ1) is 18.2. The van der Waals surface area contributed by atoms with Crippen LogP contribution in [0.3, 0.4) is 0 Å². The Kier molecular flexibility index (Phi) is 6.45. The molecular formula is C34H26N2S. The van der Waals surface area contributed by atoms with Gasteiger partial charge in [0.25, 0.3) is 0 Å². The number of hydrogen-bond donors (Lipinski definition) is 0. The lowest BCUT2D eigenvalue weighted by Gasteiger charge is -2.08. The number of benzene rings is 5. The van der Waals surface area contributed by atoms with Crippen LogP contribution in [0.2, 0.25) is 0 Å². The smallest absolute Gasteiger partial charge is 0.124 e. The van der Waals surface area contributed by atoms with Crippen molar-refractivity contribution in [2.24, 2.45) is 4.99 Å². The van der Waals surface area contributed by atoms with Crippen LogP contribution >= 0.6 is 11.3 Å². The molecule has 0 fully saturated rings. The van der Waals surface area contributed by atoms with Gasteiger partial charge in [-0.3, -0.25) is 4.99 Å². The Hall–Kier alpha value is -4.34. The van der Waals surface area contributed by atoms with Gasteiger partial charge in [0, 0.05) is 16.7 Å². The van der Waals surface area contributed by atoms with E-state index >= 15 is 0 Å². The molecule has 3 heteroatoms. The van der Waals surface area contributed by atoms with Crippen molar-refractivity contribution in [1.29, 1.82) is 0 Å². The van der Waals surface area contributed by atoms with Gasteiger partial charge in [-0.2, -0.15) is 0 Å². The van der Waals surface area contributed by atoms with Gasteiger partial charge in [-0.15, -0.1) is 11.3 Å². The average Bonchev–Trinajstić information content (AvgIpc) is 3.41. The van der Waals surface area contributed by atoms with Gasteiger partial charge >= 0.3 is 0 Å². The molecule has 5 aromatic carbocycles. The second kappa shape index (κ2) is 10.3. The van der Waals surface area contributed by atoms with Crippen molar-refractivity contribution in [3.05, 3.63) is 144 Å². The van der Waals surface area contributed by atoms with Gasteiger partial charge in [-0.05, 0) is 47.6 Å². The molecule has 0 amide bonds. The van der Waals surface area contributed by atoms with Gasteiger partial charge < -0.3 is 0 Å². The van der Waals surface area contributed by atoms with E-state index in [9.17, 15) is 0 Å². The zero-order valence-electron chi connectivity index (χ0n) is 20.6. The molecule has 0 aliphatic heterocycles. The Labute approximate surface area is 221 Å². The summed E-state index contributed by atoms with van der Waals surface area (Å²) in [6.07, 6.45) is 3.06. The number of rotatable bonds is 6. The maximum absolute atomic E-state index is 5.14. The van der Waals surface area contributed by atoms with Gasteiger partial charge in [0.15, 0.2) is 0 Å². The highest BCUT2D eigenvalue weighted by atomic mass is 32.1. The van der Waals surface area contributed by atoms with E-state index < -0.39 is 0 Å². The fourth-order valence-corrected chi connectivity index (χ4v) is 5.64. The summed E-state index contributed by atoms with van der Waals surface area (Å²) in [4.78, 5) is 10.1. The highest BCUT2D eigenvalue weighted by Gasteiger charge is 2.11. The van der Waals surface area contributed by atoms with E-state index in [1.165, 1.54) is 21.0 Å². The molecule has 0 unspecified atom stereocenters. The molecule has 0 atom stereocenters. The minimum Gasteiger partial charge on any atom is -0.253 e. The van der Waals surface area contributed by atoms with E-state index in [0.717, 1.165) is 45.0 Å². The van der Waals surface area contributed by atoms with E-state index in [1.54, 1.807) is 11.3 Å². The second-order valence-corrected chi connectivity index (χ2v) is 10.1. The van der Waals surface area contributed by atoms with Crippen LogP contribution < -0.4 is 0 Å². The van der Waals surface area contributed by atoms with Gasteiger partial charge in [-0.1, -0.05) is 115 Å². The highest BCUT2D eigenvalue weighted by molar-refractivity contribution is 7.22. The Morgan fingerprint density at radius 3 is 2.19 bits per heavy atom. The zero-order chi connectivity index (χ0) is 25.0. The van der Waals surface area contributed by atoms with Gasteiger partial charge in [0.2, 0.25) is 0 Å². The molecule has 1 aromatic heterocycles. The van der Waals surface area contributed by atoms with E-state index in [2.05, 4.69) is 122 Å². The van der Waals surface area contributed by atoms with E-state index in [-0.39, 0.29) is 0 Å². The van der Waals surface area contributed by atoms with Gasteiger partial charge in [-0.25, -0.2) is 4.98 Å². The molecule has 0 spiro atoms. The van der Waals surface area contributed by atoms with Crippen LogP contribution in [0.4, 0.5) is 0 Å². The summed E-state index contributed by atoms with van der Waals surface area (Å²) in [6.45, 7) is 2.10.